The fourth-order valence-electron chi connectivity index (χ4n) is 7.31. The quantitative estimate of drug-likeness (QED) is 0.225. The van der Waals surface area contributed by atoms with Crippen LogP contribution in [0.5, 0.6) is 0 Å². The van der Waals surface area contributed by atoms with Gasteiger partial charge >= 0.3 is 0 Å². The Morgan fingerprint density at radius 3 is 2.54 bits per heavy atom. The van der Waals surface area contributed by atoms with Crippen LogP contribution >= 0.6 is 11.3 Å². The molecule has 2 aliphatic heterocycles. The number of thiazole rings is 1. The van der Waals surface area contributed by atoms with Crippen molar-refractivity contribution in [3.63, 3.8) is 0 Å². The van der Waals surface area contributed by atoms with Crippen molar-refractivity contribution in [1.82, 2.24) is 25.4 Å². The highest BCUT2D eigenvalue weighted by molar-refractivity contribution is 7.13. The first-order valence-corrected chi connectivity index (χ1v) is 18.7. The summed E-state index contributed by atoms with van der Waals surface area (Å²) in [5, 5.41) is 31.8. The number of β-amino-alcohol motifs (C(OH)–C–C–N with tert-alkyl or cyclic N) is 1. The lowest BCUT2D eigenvalue weighted by Gasteiger charge is -2.42. The number of aliphatic hydroxyl groups is 2. The van der Waals surface area contributed by atoms with Crippen molar-refractivity contribution in [3.05, 3.63) is 82.4 Å². The molecule has 4 N–H and O–H groups in total. The number of aliphatic hydroxyl groups excluding tert-OH is 2. The minimum Gasteiger partial charge on any atom is -0.392 e. The van der Waals surface area contributed by atoms with E-state index in [9.17, 15) is 19.8 Å². The minimum atomic E-state index is -0.846. The van der Waals surface area contributed by atoms with E-state index in [2.05, 4.69) is 30.7 Å². The zero-order valence-electron chi connectivity index (χ0n) is 29.5. The van der Waals surface area contributed by atoms with E-state index >= 15 is 0 Å². The topological polar surface area (TPSA) is 130 Å². The van der Waals surface area contributed by atoms with Crippen molar-refractivity contribution in [2.24, 2.45) is 5.92 Å². The number of fused-ring (bicyclic) bond motifs is 1. The highest BCUT2D eigenvalue weighted by atomic mass is 32.1. The normalized spacial score (nSPS) is 22.9. The molecule has 2 amide bonds. The van der Waals surface area contributed by atoms with Gasteiger partial charge in [0.15, 0.2) is 5.13 Å². The van der Waals surface area contributed by atoms with Crippen LogP contribution in [0.25, 0.3) is 0 Å². The fourth-order valence-corrected chi connectivity index (χ4v) is 8.18. The molecular formula is C38H52N6O5S. The molecule has 270 valence electrons. The average molecular weight is 705 g/mol. The monoisotopic (exact) mass is 704 g/mol. The maximum absolute atomic E-state index is 13.9. The summed E-state index contributed by atoms with van der Waals surface area (Å²) in [6.45, 7) is 11.8. The van der Waals surface area contributed by atoms with Crippen molar-refractivity contribution in [2.45, 2.75) is 76.4 Å². The van der Waals surface area contributed by atoms with Gasteiger partial charge in [-0.1, -0.05) is 54.6 Å². The van der Waals surface area contributed by atoms with E-state index in [0.717, 1.165) is 47.2 Å². The molecule has 3 aliphatic rings. The SMILES string of the molecule is CC(C)(C)NC(=O)[C@@H]1CN(Cc2csc(N3CCOCC3)n2)CCN1C[C@@H](O)C[C@@H](Cc1ccccc1)C(=O)N[C@H]1c2ccccc2C[C@H]1O. The van der Waals surface area contributed by atoms with Gasteiger partial charge in [-0.25, -0.2) is 4.98 Å². The van der Waals surface area contributed by atoms with Gasteiger partial charge < -0.3 is 30.5 Å². The Labute approximate surface area is 299 Å². The summed E-state index contributed by atoms with van der Waals surface area (Å²) < 4.78 is 5.49. The molecule has 6 rings (SSSR count). The van der Waals surface area contributed by atoms with Crippen LogP contribution in [0.15, 0.2) is 60.0 Å². The second-order valence-electron chi connectivity index (χ2n) is 14.9. The molecule has 11 nitrogen and oxygen atoms in total. The number of carbonyl (C=O) groups is 2. The number of anilines is 1. The van der Waals surface area contributed by atoms with Gasteiger partial charge in [0.05, 0.1) is 37.2 Å². The van der Waals surface area contributed by atoms with Crippen LogP contribution in [0.2, 0.25) is 0 Å². The Morgan fingerprint density at radius 1 is 1.04 bits per heavy atom. The molecule has 12 heteroatoms. The van der Waals surface area contributed by atoms with Crippen LogP contribution in [0.4, 0.5) is 5.13 Å². The summed E-state index contributed by atoms with van der Waals surface area (Å²) in [5.41, 5.74) is 3.56. The molecule has 50 heavy (non-hydrogen) atoms. The standard InChI is InChI=1S/C38H52N6O5S/c1-38(2,3)41-36(48)32-24-42(22-29-25-50-37(39-29)43-15-17-49-18-16-43)13-14-44(32)23-30(45)20-28(19-26-9-5-4-6-10-26)35(47)40-34-31-12-8-7-11-27(31)21-33(34)46/h4-12,25,28,30,32-34,45-46H,13-24H2,1-3H3,(H,40,47)(H,41,48)/t28-,30+,32+,33-,34+/m1/s1. The smallest absolute Gasteiger partial charge is 0.239 e. The predicted molar refractivity (Wildman–Crippen MR) is 195 cm³/mol. The zero-order chi connectivity index (χ0) is 35.3. The summed E-state index contributed by atoms with van der Waals surface area (Å²) in [5.74, 6) is -0.796. The Balaban J connectivity index is 1.13. The number of piperazine rings is 1. The van der Waals surface area contributed by atoms with E-state index in [1.54, 1.807) is 11.3 Å². The van der Waals surface area contributed by atoms with Crippen LogP contribution in [-0.4, -0.2) is 113 Å². The third-order valence-electron chi connectivity index (χ3n) is 9.78. The van der Waals surface area contributed by atoms with E-state index in [4.69, 9.17) is 9.72 Å². The third kappa shape index (κ3) is 9.48. The first-order valence-electron chi connectivity index (χ1n) is 17.9. The summed E-state index contributed by atoms with van der Waals surface area (Å²) >= 11 is 1.65. The Hall–Kier alpha value is -3.39. The third-order valence-corrected chi connectivity index (χ3v) is 10.7. The molecule has 3 heterocycles. The van der Waals surface area contributed by atoms with Crippen molar-refractivity contribution < 1.29 is 24.5 Å². The maximum Gasteiger partial charge on any atom is 0.239 e. The van der Waals surface area contributed by atoms with E-state index in [1.165, 1.54) is 0 Å². The average Bonchev–Trinajstić information content (AvgIpc) is 3.69. The number of benzene rings is 2. The number of amides is 2. The zero-order valence-corrected chi connectivity index (χ0v) is 30.3. The van der Waals surface area contributed by atoms with Crippen molar-refractivity contribution >= 4 is 28.3 Å². The second-order valence-corrected chi connectivity index (χ2v) is 15.8. The second kappa shape index (κ2) is 16.3. The highest BCUT2D eigenvalue weighted by Gasteiger charge is 2.37. The number of hydrogen-bond acceptors (Lipinski definition) is 10. The number of rotatable bonds is 12. The lowest BCUT2D eigenvalue weighted by molar-refractivity contribution is -0.132. The molecule has 2 saturated heterocycles. The maximum atomic E-state index is 13.9. The molecule has 0 radical (unpaired) electrons. The molecule has 2 aromatic carbocycles. The van der Waals surface area contributed by atoms with Crippen LogP contribution < -0.4 is 15.5 Å². The van der Waals surface area contributed by atoms with Crippen molar-refractivity contribution in [2.75, 3.05) is 57.4 Å². The Kier molecular flexibility index (Phi) is 11.9. The summed E-state index contributed by atoms with van der Waals surface area (Å²) in [4.78, 5) is 39.1. The number of nitrogens with one attached hydrogen (secondary N) is 2. The van der Waals surface area contributed by atoms with Gasteiger partial charge in [-0.3, -0.25) is 19.4 Å². The molecule has 5 atom stereocenters. The first-order chi connectivity index (χ1) is 24.0. The van der Waals surface area contributed by atoms with Gasteiger partial charge in [-0.05, 0) is 50.3 Å². The van der Waals surface area contributed by atoms with E-state index < -0.39 is 35.7 Å². The lowest BCUT2D eigenvalue weighted by atomic mass is 9.91. The van der Waals surface area contributed by atoms with Crippen LogP contribution in [-0.2, 0) is 33.7 Å². The predicted octanol–water partition coefficient (Wildman–Crippen LogP) is 2.77. The van der Waals surface area contributed by atoms with Gasteiger partial charge in [-0.2, -0.15) is 0 Å². The van der Waals surface area contributed by atoms with Gasteiger partial charge in [0, 0.05) is 69.1 Å². The van der Waals surface area contributed by atoms with E-state index in [1.807, 2.05) is 75.4 Å². The fraction of sp³-hybridized carbons (Fsp3) is 0.553. The number of aromatic nitrogens is 1. The Bertz CT molecular complexity index is 1570. The van der Waals surface area contributed by atoms with Crippen LogP contribution in [0.3, 0.4) is 0 Å². The number of ether oxygens (including phenoxy) is 1. The molecule has 0 spiro atoms. The minimum absolute atomic E-state index is 0.0749. The lowest BCUT2D eigenvalue weighted by Crippen LogP contribution is -2.62. The molecule has 0 bridgehead atoms. The molecule has 1 aromatic heterocycles. The van der Waals surface area contributed by atoms with Crippen LogP contribution in [0.1, 0.15) is 55.6 Å². The summed E-state index contributed by atoms with van der Waals surface area (Å²) in [6, 6.07) is 16.7. The molecule has 1 aliphatic carbocycles. The summed E-state index contributed by atoms with van der Waals surface area (Å²) in [6.07, 6.45) is -0.374. The van der Waals surface area contributed by atoms with Crippen LogP contribution in [0, 0.1) is 5.92 Å². The van der Waals surface area contributed by atoms with E-state index in [-0.39, 0.29) is 24.8 Å². The van der Waals surface area contributed by atoms with Gasteiger partial charge in [-0.15, -0.1) is 11.3 Å². The number of carbonyl (C=O) groups excluding carboxylic acids is 2. The van der Waals surface area contributed by atoms with Gasteiger partial charge in [0.2, 0.25) is 11.8 Å². The molecule has 3 aromatic rings. The number of hydrogen-bond donors (Lipinski definition) is 4. The van der Waals surface area contributed by atoms with Crippen molar-refractivity contribution in [3.8, 4) is 0 Å². The molecular weight excluding hydrogens is 653 g/mol. The highest BCUT2D eigenvalue weighted by Crippen LogP contribution is 2.32. The molecule has 2 fully saturated rings. The van der Waals surface area contributed by atoms with Gasteiger partial charge in [0.25, 0.3) is 0 Å². The molecule has 0 unspecified atom stereocenters. The van der Waals surface area contributed by atoms with Crippen molar-refractivity contribution in [1.29, 1.82) is 0 Å². The van der Waals surface area contributed by atoms with Gasteiger partial charge in [0.1, 0.15) is 6.04 Å². The molecule has 0 saturated carbocycles. The Morgan fingerprint density at radius 2 is 1.78 bits per heavy atom. The van der Waals surface area contributed by atoms with E-state index in [0.29, 0.717) is 45.7 Å². The number of morpholine rings is 1. The summed E-state index contributed by atoms with van der Waals surface area (Å²) in [7, 11) is 0. The first kappa shape index (κ1) is 36.4. The number of nitrogens with zero attached hydrogens (tertiary/aromatic N) is 4. The largest absolute Gasteiger partial charge is 0.392 e.